The van der Waals surface area contributed by atoms with Gasteiger partial charge in [0.05, 0.1) is 22.9 Å². The molecule has 9 heteroatoms. The molecule has 0 bridgehead atoms. The number of thiazole rings is 1. The van der Waals surface area contributed by atoms with E-state index in [-0.39, 0.29) is 5.91 Å². The Kier molecular flexibility index (Phi) is 5.91. The van der Waals surface area contributed by atoms with Crippen LogP contribution in [-0.4, -0.2) is 64.7 Å². The van der Waals surface area contributed by atoms with Crippen LogP contribution in [0, 0.1) is 0 Å². The van der Waals surface area contributed by atoms with Crippen LogP contribution in [0.2, 0.25) is 5.02 Å². The highest BCUT2D eigenvalue weighted by Gasteiger charge is 2.25. The first-order valence-electron chi connectivity index (χ1n) is 9.28. The minimum Gasteiger partial charge on any atom is -0.379 e. The van der Waals surface area contributed by atoms with Crippen molar-refractivity contribution >= 4 is 44.2 Å². The summed E-state index contributed by atoms with van der Waals surface area (Å²) >= 11 is 7.77. The molecular formula is C19H22ClN5O2S. The molecule has 0 N–H and O–H groups in total. The van der Waals surface area contributed by atoms with Gasteiger partial charge in [-0.2, -0.15) is 0 Å². The molecule has 0 atom stereocenters. The molecule has 148 valence electrons. The number of aromatic nitrogens is 3. The lowest BCUT2D eigenvalue weighted by Crippen LogP contribution is -2.39. The number of hydrogen-bond donors (Lipinski definition) is 0. The molecule has 3 aromatic rings. The summed E-state index contributed by atoms with van der Waals surface area (Å²) in [5.41, 5.74) is 0.731. The number of hydrogen-bond acceptors (Lipinski definition) is 6. The molecule has 0 unspecified atom stereocenters. The smallest absolute Gasteiger partial charge is 0.296 e. The van der Waals surface area contributed by atoms with Crippen LogP contribution in [0.4, 0.5) is 5.13 Å². The topological polar surface area (TPSA) is 63.5 Å². The molecule has 0 aliphatic carbocycles. The summed E-state index contributed by atoms with van der Waals surface area (Å²) in [4.78, 5) is 26.2. The van der Waals surface area contributed by atoms with E-state index >= 15 is 0 Å². The standard InChI is InChI=1S/C19H22ClN5O2S/c1-23-9-6-21-17(23)18(26)25(8-3-7-24-10-12-27-13-11-24)19-22-16-14(20)4-2-5-15(16)28-19/h2,4-6,9H,3,7-8,10-13H2,1H3. The van der Waals surface area contributed by atoms with Gasteiger partial charge in [0, 0.05) is 45.6 Å². The van der Waals surface area contributed by atoms with Gasteiger partial charge in [-0.3, -0.25) is 14.6 Å². The van der Waals surface area contributed by atoms with Crippen molar-refractivity contribution in [3.63, 3.8) is 0 Å². The Morgan fingerprint density at radius 2 is 2.18 bits per heavy atom. The van der Waals surface area contributed by atoms with Crippen molar-refractivity contribution in [2.24, 2.45) is 7.05 Å². The van der Waals surface area contributed by atoms with E-state index in [2.05, 4.69) is 14.9 Å². The molecule has 28 heavy (non-hydrogen) atoms. The van der Waals surface area contributed by atoms with Gasteiger partial charge in [-0.1, -0.05) is 29.0 Å². The number of fused-ring (bicyclic) bond motifs is 1. The lowest BCUT2D eigenvalue weighted by atomic mass is 10.3. The third-order valence-electron chi connectivity index (χ3n) is 4.81. The molecule has 0 radical (unpaired) electrons. The van der Waals surface area contributed by atoms with Crippen LogP contribution in [0.25, 0.3) is 10.2 Å². The van der Waals surface area contributed by atoms with Gasteiger partial charge in [0.2, 0.25) is 0 Å². The summed E-state index contributed by atoms with van der Waals surface area (Å²) in [5.74, 6) is 0.251. The summed E-state index contributed by atoms with van der Waals surface area (Å²) in [6.45, 7) is 4.90. The Morgan fingerprint density at radius 1 is 1.36 bits per heavy atom. The Hall–Kier alpha value is -2.00. The summed E-state index contributed by atoms with van der Waals surface area (Å²) in [7, 11) is 1.82. The van der Waals surface area contributed by atoms with Gasteiger partial charge in [0.1, 0.15) is 5.52 Å². The minimum atomic E-state index is -0.148. The Balaban J connectivity index is 1.57. The Morgan fingerprint density at radius 3 is 2.89 bits per heavy atom. The van der Waals surface area contributed by atoms with Gasteiger partial charge < -0.3 is 9.30 Å². The first kappa shape index (κ1) is 19.3. The number of nitrogens with zero attached hydrogens (tertiary/aromatic N) is 5. The van der Waals surface area contributed by atoms with Crippen LogP contribution in [0.5, 0.6) is 0 Å². The quantitative estimate of drug-likeness (QED) is 0.614. The first-order chi connectivity index (χ1) is 13.6. The molecule has 0 saturated carbocycles. The predicted molar refractivity (Wildman–Crippen MR) is 111 cm³/mol. The van der Waals surface area contributed by atoms with E-state index in [1.807, 2.05) is 25.2 Å². The number of benzene rings is 1. The first-order valence-corrected chi connectivity index (χ1v) is 10.5. The number of para-hydroxylation sites is 1. The lowest BCUT2D eigenvalue weighted by Gasteiger charge is -2.27. The zero-order valence-electron chi connectivity index (χ0n) is 15.7. The van der Waals surface area contributed by atoms with Crippen molar-refractivity contribution in [2.75, 3.05) is 44.3 Å². The number of morpholine rings is 1. The molecule has 0 spiro atoms. The predicted octanol–water partition coefficient (Wildman–Crippen LogP) is 3.05. The minimum absolute atomic E-state index is 0.148. The molecule has 7 nitrogen and oxygen atoms in total. The molecule has 3 heterocycles. The molecule has 1 fully saturated rings. The SMILES string of the molecule is Cn1ccnc1C(=O)N(CCCN1CCOCC1)c1nc2c(Cl)cccc2s1. The number of rotatable bonds is 6. The maximum absolute atomic E-state index is 13.2. The molecule has 1 aliphatic rings. The fourth-order valence-corrected chi connectivity index (χ4v) is 4.56. The van der Waals surface area contributed by atoms with Crippen molar-refractivity contribution < 1.29 is 9.53 Å². The molecule has 2 aromatic heterocycles. The highest BCUT2D eigenvalue weighted by molar-refractivity contribution is 7.22. The number of aryl methyl sites for hydroxylation is 1. The van der Waals surface area contributed by atoms with E-state index in [4.69, 9.17) is 16.3 Å². The van der Waals surface area contributed by atoms with E-state index < -0.39 is 0 Å². The van der Waals surface area contributed by atoms with Crippen molar-refractivity contribution in [3.05, 3.63) is 41.4 Å². The van der Waals surface area contributed by atoms with Crippen molar-refractivity contribution in [1.29, 1.82) is 0 Å². The van der Waals surface area contributed by atoms with Crippen LogP contribution >= 0.6 is 22.9 Å². The third-order valence-corrected chi connectivity index (χ3v) is 6.16. The average Bonchev–Trinajstić information content (AvgIpc) is 3.32. The fraction of sp³-hybridized carbons (Fsp3) is 0.421. The normalized spacial score (nSPS) is 15.2. The number of anilines is 1. The second-order valence-electron chi connectivity index (χ2n) is 6.71. The van der Waals surface area contributed by atoms with E-state index in [9.17, 15) is 4.79 Å². The van der Waals surface area contributed by atoms with Gasteiger partial charge in [0.25, 0.3) is 5.91 Å². The Labute approximate surface area is 172 Å². The van der Waals surface area contributed by atoms with E-state index in [1.165, 1.54) is 11.3 Å². The van der Waals surface area contributed by atoms with Crippen molar-refractivity contribution in [2.45, 2.75) is 6.42 Å². The largest absolute Gasteiger partial charge is 0.379 e. The van der Waals surface area contributed by atoms with Gasteiger partial charge in [-0.25, -0.2) is 9.97 Å². The molecule has 4 rings (SSSR count). The monoisotopic (exact) mass is 419 g/mol. The second-order valence-corrected chi connectivity index (χ2v) is 8.13. The third kappa shape index (κ3) is 4.05. The molecule has 1 aromatic carbocycles. The van der Waals surface area contributed by atoms with Gasteiger partial charge in [0.15, 0.2) is 11.0 Å². The maximum Gasteiger partial charge on any atom is 0.296 e. The summed E-state index contributed by atoms with van der Waals surface area (Å²) < 4.78 is 8.10. The number of amides is 1. The van der Waals surface area contributed by atoms with E-state index in [0.717, 1.165) is 49.5 Å². The molecule has 1 saturated heterocycles. The van der Waals surface area contributed by atoms with E-state index in [0.29, 0.717) is 22.5 Å². The van der Waals surface area contributed by atoms with Crippen LogP contribution in [0.1, 0.15) is 17.0 Å². The van der Waals surface area contributed by atoms with Crippen molar-refractivity contribution in [3.8, 4) is 0 Å². The van der Waals surface area contributed by atoms with Gasteiger partial charge in [-0.15, -0.1) is 0 Å². The lowest BCUT2D eigenvalue weighted by molar-refractivity contribution is 0.0376. The fourth-order valence-electron chi connectivity index (χ4n) is 3.27. The highest BCUT2D eigenvalue weighted by Crippen LogP contribution is 2.33. The van der Waals surface area contributed by atoms with Crippen LogP contribution < -0.4 is 4.90 Å². The summed E-state index contributed by atoms with van der Waals surface area (Å²) in [5, 5.41) is 1.25. The molecular weight excluding hydrogens is 398 g/mol. The van der Waals surface area contributed by atoms with Crippen LogP contribution in [-0.2, 0) is 11.8 Å². The zero-order chi connectivity index (χ0) is 19.5. The maximum atomic E-state index is 13.2. The summed E-state index contributed by atoms with van der Waals surface area (Å²) in [6, 6.07) is 5.69. The number of carbonyl (C=O) groups is 1. The van der Waals surface area contributed by atoms with Gasteiger partial charge in [-0.05, 0) is 18.6 Å². The number of ether oxygens (including phenoxy) is 1. The summed E-state index contributed by atoms with van der Waals surface area (Å²) in [6.07, 6.45) is 4.25. The highest BCUT2D eigenvalue weighted by atomic mass is 35.5. The zero-order valence-corrected chi connectivity index (χ0v) is 17.2. The Bertz CT molecular complexity index is 966. The number of imidazole rings is 1. The van der Waals surface area contributed by atoms with Crippen molar-refractivity contribution in [1.82, 2.24) is 19.4 Å². The van der Waals surface area contributed by atoms with Crippen LogP contribution in [0.3, 0.4) is 0 Å². The van der Waals surface area contributed by atoms with Gasteiger partial charge >= 0.3 is 0 Å². The molecule has 1 amide bonds. The molecule has 1 aliphatic heterocycles. The van der Waals surface area contributed by atoms with E-state index in [1.54, 1.807) is 21.9 Å². The average molecular weight is 420 g/mol. The number of halogens is 1. The number of carbonyl (C=O) groups excluding carboxylic acids is 1. The second kappa shape index (κ2) is 8.57. The van der Waals surface area contributed by atoms with Crippen LogP contribution in [0.15, 0.2) is 30.6 Å².